The van der Waals surface area contributed by atoms with Crippen molar-refractivity contribution < 1.29 is 22.8 Å². The first-order valence-corrected chi connectivity index (χ1v) is 9.28. The fourth-order valence-electron chi connectivity index (χ4n) is 3.04. The maximum Gasteiger partial charge on any atom is 0.416 e. The highest BCUT2D eigenvalue weighted by Gasteiger charge is 2.30. The van der Waals surface area contributed by atoms with E-state index in [0.717, 1.165) is 18.6 Å². The van der Waals surface area contributed by atoms with Gasteiger partial charge in [-0.25, -0.2) is 0 Å². The van der Waals surface area contributed by atoms with Crippen LogP contribution >= 0.6 is 0 Å². The molecule has 0 spiro atoms. The number of amides is 2. The van der Waals surface area contributed by atoms with E-state index in [1.807, 2.05) is 4.90 Å². The lowest BCUT2D eigenvalue weighted by Gasteiger charge is -2.21. The van der Waals surface area contributed by atoms with Gasteiger partial charge in [0.05, 0.1) is 18.7 Å². The molecule has 1 saturated heterocycles. The van der Waals surface area contributed by atoms with Gasteiger partial charge in [-0.1, -0.05) is 18.1 Å². The predicted octanol–water partition coefficient (Wildman–Crippen LogP) is 2.39. The van der Waals surface area contributed by atoms with Crippen LogP contribution in [0.15, 0.2) is 30.3 Å². The second-order valence-corrected chi connectivity index (χ2v) is 6.84. The maximum absolute atomic E-state index is 12.7. The van der Waals surface area contributed by atoms with E-state index < -0.39 is 11.7 Å². The van der Waals surface area contributed by atoms with Gasteiger partial charge in [-0.15, -0.1) is 6.42 Å². The normalized spacial score (nSPS) is 16.1. The number of carbonyl (C=O) groups is 2. The lowest BCUT2D eigenvalue weighted by Crippen LogP contribution is -2.40. The first-order valence-electron chi connectivity index (χ1n) is 9.28. The lowest BCUT2D eigenvalue weighted by atomic mass is 10.0. The Kier molecular flexibility index (Phi) is 7.85. The first-order chi connectivity index (χ1) is 13.7. The van der Waals surface area contributed by atoms with Crippen molar-refractivity contribution in [3.63, 3.8) is 0 Å². The number of carbonyl (C=O) groups excluding carboxylic acids is 2. The van der Waals surface area contributed by atoms with E-state index in [1.165, 1.54) is 18.2 Å². The summed E-state index contributed by atoms with van der Waals surface area (Å²) in [5.41, 5.74) is 0.436. The van der Waals surface area contributed by atoms with Crippen LogP contribution in [0.25, 0.3) is 5.57 Å². The summed E-state index contributed by atoms with van der Waals surface area (Å²) in [6.07, 6.45) is 2.90. The molecule has 0 aromatic heterocycles. The topological polar surface area (TPSA) is 52.7 Å². The minimum Gasteiger partial charge on any atom is -0.344 e. The zero-order valence-electron chi connectivity index (χ0n) is 16.3. The minimum absolute atomic E-state index is 0.152. The van der Waals surface area contributed by atoms with E-state index in [4.69, 9.17) is 6.42 Å². The summed E-state index contributed by atoms with van der Waals surface area (Å²) in [5, 5.41) is 2.61. The van der Waals surface area contributed by atoms with E-state index in [0.29, 0.717) is 37.3 Å². The first kappa shape index (κ1) is 22.5. The standard InChI is InChI=1S/C21H24F3N3O2/c1-3-9-25-19(28)15-26-10-4-11-27(13-12-26)20(29)14-16(2)17-5-7-18(8-6-17)21(22,23)24/h1,5-8,14H,4,9-13,15H2,2H3,(H,25,28)/b16-14-. The zero-order chi connectivity index (χ0) is 21.4. The van der Waals surface area contributed by atoms with Gasteiger partial charge in [0.1, 0.15) is 0 Å². The van der Waals surface area contributed by atoms with E-state index in [-0.39, 0.29) is 24.9 Å². The molecule has 1 aromatic rings. The van der Waals surface area contributed by atoms with Crippen molar-refractivity contribution in [2.75, 3.05) is 39.3 Å². The molecule has 0 aliphatic carbocycles. The molecule has 1 fully saturated rings. The van der Waals surface area contributed by atoms with E-state index in [2.05, 4.69) is 11.2 Å². The summed E-state index contributed by atoms with van der Waals surface area (Å²) in [6, 6.07) is 4.74. The van der Waals surface area contributed by atoms with E-state index in [1.54, 1.807) is 11.8 Å². The largest absolute Gasteiger partial charge is 0.416 e. The number of terminal acetylenes is 1. The third kappa shape index (κ3) is 6.95. The number of rotatable bonds is 5. The fraction of sp³-hybridized carbons (Fsp3) is 0.429. The van der Waals surface area contributed by atoms with Crippen molar-refractivity contribution in [1.82, 2.24) is 15.1 Å². The van der Waals surface area contributed by atoms with Crippen molar-refractivity contribution in [1.29, 1.82) is 0 Å². The van der Waals surface area contributed by atoms with Gasteiger partial charge >= 0.3 is 6.18 Å². The molecule has 156 valence electrons. The molecular formula is C21H24F3N3O2. The third-order valence-corrected chi connectivity index (χ3v) is 4.66. The van der Waals surface area contributed by atoms with Crippen LogP contribution in [0.1, 0.15) is 24.5 Å². The molecule has 1 aliphatic heterocycles. The average molecular weight is 407 g/mol. The molecule has 0 radical (unpaired) electrons. The second kappa shape index (κ2) is 10.1. The van der Waals surface area contributed by atoms with Gasteiger partial charge in [0.15, 0.2) is 0 Å². The lowest BCUT2D eigenvalue weighted by molar-refractivity contribution is -0.137. The number of halogens is 3. The number of hydrogen-bond acceptors (Lipinski definition) is 3. The number of allylic oxidation sites excluding steroid dienone is 1. The van der Waals surface area contributed by atoms with Crippen molar-refractivity contribution in [3.05, 3.63) is 41.5 Å². The molecule has 0 unspecified atom stereocenters. The van der Waals surface area contributed by atoms with Gasteiger partial charge in [0.25, 0.3) is 0 Å². The van der Waals surface area contributed by atoms with Crippen LogP contribution in [0.4, 0.5) is 13.2 Å². The minimum atomic E-state index is -4.39. The Morgan fingerprint density at radius 3 is 2.48 bits per heavy atom. The Bertz CT molecular complexity index is 795. The summed E-state index contributed by atoms with van der Waals surface area (Å²) in [6.45, 7) is 4.38. The molecule has 29 heavy (non-hydrogen) atoms. The Morgan fingerprint density at radius 1 is 1.17 bits per heavy atom. The summed E-state index contributed by atoms with van der Waals surface area (Å²) in [7, 11) is 0. The highest BCUT2D eigenvalue weighted by Crippen LogP contribution is 2.30. The summed E-state index contributed by atoms with van der Waals surface area (Å²) < 4.78 is 38.0. The zero-order valence-corrected chi connectivity index (χ0v) is 16.3. The average Bonchev–Trinajstić information content (AvgIpc) is 2.91. The quantitative estimate of drug-likeness (QED) is 0.603. The SMILES string of the molecule is C#CCNC(=O)CN1CCCN(C(=O)/C=C(/C)c2ccc(C(F)(F)F)cc2)CC1. The van der Waals surface area contributed by atoms with Crippen LogP contribution in [0.5, 0.6) is 0 Å². The molecule has 1 N–H and O–H groups in total. The molecule has 2 amide bonds. The van der Waals surface area contributed by atoms with Gasteiger partial charge in [0.2, 0.25) is 11.8 Å². The van der Waals surface area contributed by atoms with Crippen LogP contribution in [0.3, 0.4) is 0 Å². The van der Waals surface area contributed by atoms with Crippen molar-refractivity contribution in [2.24, 2.45) is 0 Å². The van der Waals surface area contributed by atoms with Gasteiger partial charge in [-0.3, -0.25) is 14.5 Å². The number of hydrogen-bond donors (Lipinski definition) is 1. The third-order valence-electron chi connectivity index (χ3n) is 4.66. The molecule has 0 saturated carbocycles. The number of nitrogens with zero attached hydrogens (tertiary/aromatic N) is 2. The molecule has 1 aromatic carbocycles. The van der Waals surface area contributed by atoms with Gasteiger partial charge in [0, 0.05) is 32.3 Å². The highest BCUT2D eigenvalue weighted by atomic mass is 19.4. The molecule has 0 bridgehead atoms. The molecular weight excluding hydrogens is 383 g/mol. The summed E-state index contributed by atoms with van der Waals surface area (Å²) in [4.78, 5) is 28.0. The Labute approximate surface area is 168 Å². The molecule has 2 rings (SSSR count). The molecule has 1 aliphatic rings. The van der Waals surface area contributed by atoms with Crippen LogP contribution in [0, 0.1) is 12.3 Å². The maximum atomic E-state index is 12.7. The number of benzene rings is 1. The predicted molar refractivity (Wildman–Crippen MR) is 105 cm³/mol. The van der Waals surface area contributed by atoms with Crippen molar-refractivity contribution in [3.8, 4) is 12.3 Å². The van der Waals surface area contributed by atoms with Gasteiger partial charge < -0.3 is 10.2 Å². The van der Waals surface area contributed by atoms with Crippen LogP contribution in [-0.4, -0.2) is 60.9 Å². The van der Waals surface area contributed by atoms with Gasteiger partial charge in [-0.2, -0.15) is 13.2 Å². The number of nitrogens with one attached hydrogen (secondary N) is 1. The van der Waals surface area contributed by atoms with Crippen LogP contribution < -0.4 is 5.32 Å². The highest BCUT2D eigenvalue weighted by molar-refractivity contribution is 5.94. The van der Waals surface area contributed by atoms with Crippen LogP contribution in [-0.2, 0) is 15.8 Å². The smallest absolute Gasteiger partial charge is 0.344 e. The van der Waals surface area contributed by atoms with E-state index in [9.17, 15) is 22.8 Å². The van der Waals surface area contributed by atoms with Crippen molar-refractivity contribution in [2.45, 2.75) is 19.5 Å². The van der Waals surface area contributed by atoms with Crippen LogP contribution in [0.2, 0.25) is 0 Å². The number of alkyl halides is 3. The molecule has 8 heteroatoms. The molecule has 0 atom stereocenters. The Morgan fingerprint density at radius 2 is 1.86 bits per heavy atom. The van der Waals surface area contributed by atoms with Crippen molar-refractivity contribution >= 4 is 17.4 Å². The fourth-order valence-corrected chi connectivity index (χ4v) is 3.04. The summed E-state index contributed by atoms with van der Waals surface area (Å²) >= 11 is 0. The molecule has 1 heterocycles. The second-order valence-electron chi connectivity index (χ2n) is 6.84. The Balaban J connectivity index is 1.94. The Hall–Kier alpha value is -2.79. The summed E-state index contributed by atoms with van der Waals surface area (Å²) in [5.74, 6) is 2.00. The molecule has 5 nitrogen and oxygen atoms in total. The van der Waals surface area contributed by atoms with Gasteiger partial charge in [-0.05, 0) is 36.6 Å². The van der Waals surface area contributed by atoms with E-state index >= 15 is 0 Å². The monoisotopic (exact) mass is 407 g/mol.